The van der Waals surface area contributed by atoms with Gasteiger partial charge < -0.3 is 5.11 Å². The van der Waals surface area contributed by atoms with E-state index < -0.39 is 0 Å². The first kappa shape index (κ1) is 5.12. The van der Waals surface area contributed by atoms with Crippen LogP contribution in [0.3, 0.4) is 0 Å². The summed E-state index contributed by atoms with van der Waals surface area (Å²) in [5, 5.41) is 10.0. The van der Waals surface area contributed by atoms with Crippen LogP contribution >= 0.6 is 11.8 Å². The Balaban J connectivity index is 1.95. The first-order valence-corrected chi connectivity index (χ1v) is 4.20. The zero-order valence-electron chi connectivity index (χ0n) is 4.76. The van der Waals surface area contributed by atoms with Crippen LogP contribution in [0.25, 0.3) is 0 Å². The summed E-state index contributed by atoms with van der Waals surface area (Å²) < 4.78 is 0. The van der Waals surface area contributed by atoms with Gasteiger partial charge in [-0.3, -0.25) is 0 Å². The molecule has 1 unspecified atom stereocenters. The SMILES string of the molecule is OC1(C2CCS2)CC1. The van der Waals surface area contributed by atoms with Crippen molar-refractivity contribution in [1.29, 1.82) is 0 Å². The standard InChI is InChI=1S/C6H10OS/c7-6(2-3-6)5-1-4-8-5/h5,7H,1-4H2. The minimum Gasteiger partial charge on any atom is -0.389 e. The van der Waals surface area contributed by atoms with Crippen LogP contribution in [0.1, 0.15) is 19.3 Å². The predicted octanol–water partition coefficient (Wildman–Crippen LogP) is 1.02. The molecule has 0 aromatic heterocycles. The fourth-order valence-corrected chi connectivity index (χ4v) is 2.13. The van der Waals surface area contributed by atoms with Crippen molar-refractivity contribution in [2.45, 2.75) is 30.1 Å². The third-order valence-corrected chi connectivity index (χ3v) is 3.61. The normalized spacial score (nSPS) is 40.9. The molecular weight excluding hydrogens is 120 g/mol. The van der Waals surface area contributed by atoms with Crippen molar-refractivity contribution >= 4 is 11.8 Å². The van der Waals surface area contributed by atoms with Gasteiger partial charge in [-0.05, 0) is 25.0 Å². The molecular formula is C6H10OS. The molecule has 1 aliphatic carbocycles. The van der Waals surface area contributed by atoms with Gasteiger partial charge in [0, 0.05) is 5.25 Å². The van der Waals surface area contributed by atoms with Crippen molar-refractivity contribution in [3.05, 3.63) is 0 Å². The molecule has 2 fully saturated rings. The van der Waals surface area contributed by atoms with E-state index >= 15 is 0 Å². The molecule has 0 aromatic carbocycles. The molecule has 0 radical (unpaired) electrons. The molecule has 1 saturated carbocycles. The highest BCUT2D eigenvalue weighted by Gasteiger charge is 2.50. The lowest BCUT2D eigenvalue weighted by Gasteiger charge is -2.29. The molecule has 0 amide bonds. The van der Waals surface area contributed by atoms with Gasteiger partial charge in [0.25, 0.3) is 0 Å². The Morgan fingerprint density at radius 3 is 2.25 bits per heavy atom. The summed E-state index contributed by atoms with van der Waals surface area (Å²) in [4.78, 5) is 0. The van der Waals surface area contributed by atoms with E-state index in [1.54, 1.807) is 0 Å². The lowest BCUT2D eigenvalue weighted by Crippen LogP contribution is -2.31. The van der Waals surface area contributed by atoms with E-state index in [9.17, 15) is 5.11 Å². The second kappa shape index (κ2) is 1.42. The number of rotatable bonds is 1. The Labute approximate surface area is 53.5 Å². The largest absolute Gasteiger partial charge is 0.389 e. The lowest BCUT2D eigenvalue weighted by atomic mass is 10.2. The van der Waals surface area contributed by atoms with Crippen molar-refractivity contribution in [3.8, 4) is 0 Å². The molecule has 2 aliphatic rings. The van der Waals surface area contributed by atoms with Crippen LogP contribution in [0.5, 0.6) is 0 Å². The van der Waals surface area contributed by atoms with Crippen LogP contribution in [0.2, 0.25) is 0 Å². The molecule has 1 nitrogen and oxygen atoms in total. The molecule has 1 N–H and O–H groups in total. The maximum atomic E-state index is 9.43. The van der Waals surface area contributed by atoms with Gasteiger partial charge >= 0.3 is 0 Å². The highest BCUT2D eigenvalue weighted by Crippen LogP contribution is 2.49. The van der Waals surface area contributed by atoms with Crippen molar-refractivity contribution in [1.82, 2.24) is 0 Å². The van der Waals surface area contributed by atoms with Crippen LogP contribution < -0.4 is 0 Å². The average Bonchev–Trinajstić information content (AvgIpc) is 2.12. The van der Waals surface area contributed by atoms with E-state index in [2.05, 4.69) is 0 Å². The van der Waals surface area contributed by atoms with E-state index in [1.807, 2.05) is 11.8 Å². The molecule has 8 heavy (non-hydrogen) atoms. The monoisotopic (exact) mass is 130 g/mol. The third kappa shape index (κ3) is 0.594. The maximum Gasteiger partial charge on any atom is 0.0768 e. The third-order valence-electron chi connectivity index (χ3n) is 2.06. The highest BCUT2D eigenvalue weighted by molar-refractivity contribution is 8.01. The van der Waals surface area contributed by atoms with Crippen molar-refractivity contribution < 1.29 is 5.11 Å². The maximum absolute atomic E-state index is 9.43. The number of thioether (sulfide) groups is 1. The summed E-state index contributed by atoms with van der Waals surface area (Å²) >= 11 is 1.92. The molecule has 0 spiro atoms. The fraction of sp³-hybridized carbons (Fsp3) is 1.00. The Morgan fingerprint density at radius 2 is 2.12 bits per heavy atom. The molecule has 1 heterocycles. The first-order chi connectivity index (χ1) is 3.81. The number of hydrogen-bond donors (Lipinski definition) is 1. The number of hydrogen-bond acceptors (Lipinski definition) is 2. The van der Waals surface area contributed by atoms with Crippen LogP contribution in [-0.2, 0) is 0 Å². The molecule has 46 valence electrons. The minimum atomic E-state index is -0.192. The van der Waals surface area contributed by atoms with Crippen molar-refractivity contribution in [2.75, 3.05) is 5.75 Å². The summed E-state index contributed by atoms with van der Waals surface area (Å²) in [7, 11) is 0. The zero-order chi connectivity index (χ0) is 5.61. The highest BCUT2D eigenvalue weighted by atomic mass is 32.2. The molecule has 2 rings (SSSR count). The lowest BCUT2D eigenvalue weighted by molar-refractivity contribution is 0.142. The van der Waals surface area contributed by atoms with E-state index in [1.165, 1.54) is 12.2 Å². The first-order valence-electron chi connectivity index (χ1n) is 3.15. The van der Waals surface area contributed by atoms with Gasteiger partial charge in [-0.25, -0.2) is 0 Å². The van der Waals surface area contributed by atoms with Crippen LogP contribution in [0.15, 0.2) is 0 Å². The summed E-state index contributed by atoms with van der Waals surface area (Å²) in [6, 6.07) is 0. The number of aliphatic hydroxyl groups is 1. The molecule has 0 aromatic rings. The van der Waals surface area contributed by atoms with Crippen LogP contribution in [0, 0.1) is 0 Å². The molecule has 1 saturated heterocycles. The van der Waals surface area contributed by atoms with Gasteiger partial charge in [-0.1, -0.05) is 0 Å². The molecule has 1 atom stereocenters. The summed E-state index contributed by atoms with van der Waals surface area (Å²) in [5.41, 5.74) is -0.192. The Kier molecular flexibility index (Phi) is 0.910. The topological polar surface area (TPSA) is 20.2 Å². The van der Waals surface area contributed by atoms with Gasteiger partial charge in [0.1, 0.15) is 0 Å². The van der Waals surface area contributed by atoms with Crippen LogP contribution in [-0.4, -0.2) is 21.7 Å². The summed E-state index contributed by atoms with van der Waals surface area (Å²) in [6.07, 6.45) is 3.37. The van der Waals surface area contributed by atoms with Gasteiger partial charge in [0.15, 0.2) is 0 Å². The fourth-order valence-electron chi connectivity index (χ4n) is 1.11. The molecule has 1 aliphatic heterocycles. The quantitative estimate of drug-likeness (QED) is 0.572. The van der Waals surface area contributed by atoms with Crippen molar-refractivity contribution in [2.24, 2.45) is 0 Å². The average molecular weight is 130 g/mol. The smallest absolute Gasteiger partial charge is 0.0768 e. The van der Waals surface area contributed by atoms with Gasteiger partial charge in [0.2, 0.25) is 0 Å². The van der Waals surface area contributed by atoms with E-state index in [0.29, 0.717) is 5.25 Å². The van der Waals surface area contributed by atoms with E-state index in [4.69, 9.17) is 0 Å². The second-order valence-electron chi connectivity index (χ2n) is 2.75. The summed E-state index contributed by atoms with van der Waals surface area (Å²) in [5.74, 6) is 1.27. The zero-order valence-corrected chi connectivity index (χ0v) is 5.58. The van der Waals surface area contributed by atoms with Gasteiger partial charge in [0.05, 0.1) is 5.60 Å². The van der Waals surface area contributed by atoms with Gasteiger partial charge in [-0.2, -0.15) is 11.8 Å². The predicted molar refractivity (Wildman–Crippen MR) is 35.0 cm³/mol. The van der Waals surface area contributed by atoms with Crippen molar-refractivity contribution in [3.63, 3.8) is 0 Å². The van der Waals surface area contributed by atoms with Gasteiger partial charge in [-0.15, -0.1) is 0 Å². The Morgan fingerprint density at radius 1 is 1.50 bits per heavy atom. The van der Waals surface area contributed by atoms with Crippen LogP contribution in [0.4, 0.5) is 0 Å². The van der Waals surface area contributed by atoms with E-state index in [0.717, 1.165) is 12.8 Å². The minimum absolute atomic E-state index is 0.192. The van der Waals surface area contributed by atoms with E-state index in [-0.39, 0.29) is 5.60 Å². The molecule has 0 bridgehead atoms. The molecule has 2 heteroatoms. The Hall–Kier alpha value is 0.310. The summed E-state index contributed by atoms with van der Waals surface area (Å²) in [6.45, 7) is 0. The second-order valence-corrected chi connectivity index (χ2v) is 4.06. The Bertz CT molecular complexity index is 105.